The van der Waals surface area contributed by atoms with E-state index in [-0.39, 0.29) is 18.1 Å². The van der Waals surface area contributed by atoms with Crippen LogP contribution in [0.15, 0.2) is 23.0 Å². The summed E-state index contributed by atoms with van der Waals surface area (Å²) in [7, 11) is 3.63. The third kappa shape index (κ3) is 3.19. The molecule has 0 saturated carbocycles. The number of rotatable bonds is 5. The van der Waals surface area contributed by atoms with Gasteiger partial charge in [0, 0.05) is 20.6 Å². The molecule has 1 heterocycles. The SMILES string of the molecule is CCCCNCc1ccc2c(c1)n(C)c(=O)n2C.[Cl-]. The van der Waals surface area contributed by atoms with Gasteiger partial charge in [-0.05, 0) is 30.7 Å². The quantitative estimate of drug-likeness (QED) is 0.698. The molecule has 1 N–H and O–H groups in total. The molecule has 0 atom stereocenters. The van der Waals surface area contributed by atoms with Crippen LogP contribution < -0.4 is 23.4 Å². The van der Waals surface area contributed by atoms with Gasteiger partial charge in [-0.15, -0.1) is 0 Å². The van der Waals surface area contributed by atoms with E-state index in [1.807, 2.05) is 20.2 Å². The zero-order valence-electron chi connectivity index (χ0n) is 11.7. The largest absolute Gasteiger partial charge is 1.00 e. The topological polar surface area (TPSA) is 39.0 Å². The zero-order valence-corrected chi connectivity index (χ0v) is 12.5. The van der Waals surface area contributed by atoms with Gasteiger partial charge in [0.15, 0.2) is 0 Å². The van der Waals surface area contributed by atoms with Crippen molar-refractivity contribution >= 4 is 11.0 Å². The van der Waals surface area contributed by atoms with Gasteiger partial charge >= 0.3 is 5.69 Å². The lowest BCUT2D eigenvalue weighted by Crippen LogP contribution is -3.00. The molecule has 0 aliphatic heterocycles. The summed E-state index contributed by atoms with van der Waals surface area (Å²) in [5.41, 5.74) is 3.23. The lowest BCUT2D eigenvalue weighted by atomic mass is 10.2. The number of nitrogens with zero attached hydrogens (tertiary/aromatic N) is 2. The molecule has 2 aromatic rings. The van der Waals surface area contributed by atoms with E-state index in [1.165, 1.54) is 18.4 Å². The standard InChI is InChI=1S/C14H21N3O.ClH/c1-4-5-8-15-10-11-6-7-12-13(9-11)17(3)14(18)16(12)2;/h6-7,9,15H,4-5,8,10H2,1-3H3;1H/p-1. The van der Waals surface area contributed by atoms with Gasteiger partial charge in [-0.3, -0.25) is 9.13 Å². The van der Waals surface area contributed by atoms with Crippen molar-refractivity contribution in [3.8, 4) is 0 Å². The highest BCUT2D eigenvalue weighted by atomic mass is 35.5. The summed E-state index contributed by atoms with van der Waals surface area (Å²) in [4.78, 5) is 11.8. The monoisotopic (exact) mass is 282 g/mol. The third-order valence-corrected chi connectivity index (χ3v) is 3.37. The molecule has 0 bridgehead atoms. The van der Waals surface area contributed by atoms with Crippen LogP contribution in [0, 0.1) is 0 Å². The van der Waals surface area contributed by atoms with Crippen molar-refractivity contribution in [3.05, 3.63) is 34.2 Å². The first-order chi connectivity index (χ1) is 8.65. The van der Waals surface area contributed by atoms with Gasteiger partial charge in [-0.1, -0.05) is 19.4 Å². The second kappa shape index (κ2) is 6.78. The molecule has 0 amide bonds. The summed E-state index contributed by atoms with van der Waals surface area (Å²) in [6.07, 6.45) is 2.41. The number of imidazole rings is 1. The Balaban J connectivity index is 0.00000180. The predicted octanol–water partition coefficient (Wildman–Crippen LogP) is -1.23. The molecule has 0 saturated heterocycles. The number of nitrogens with one attached hydrogen (secondary N) is 1. The van der Waals surface area contributed by atoms with Crippen molar-refractivity contribution in [1.29, 1.82) is 0 Å². The second-order valence-electron chi connectivity index (χ2n) is 4.75. The Morgan fingerprint density at radius 1 is 1.16 bits per heavy atom. The lowest BCUT2D eigenvalue weighted by Gasteiger charge is -2.04. The van der Waals surface area contributed by atoms with E-state index in [0.29, 0.717) is 0 Å². The minimum atomic E-state index is 0. The van der Waals surface area contributed by atoms with E-state index in [0.717, 1.165) is 24.1 Å². The first kappa shape index (κ1) is 15.8. The van der Waals surface area contributed by atoms with E-state index >= 15 is 0 Å². The number of hydrogen-bond donors (Lipinski definition) is 1. The van der Waals surface area contributed by atoms with Crippen LogP contribution in [0.5, 0.6) is 0 Å². The summed E-state index contributed by atoms with van der Waals surface area (Å²) in [5, 5.41) is 3.41. The average molecular weight is 283 g/mol. The van der Waals surface area contributed by atoms with Crippen molar-refractivity contribution in [1.82, 2.24) is 14.5 Å². The molecule has 0 spiro atoms. The third-order valence-electron chi connectivity index (χ3n) is 3.37. The Labute approximate surface area is 119 Å². The lowest BCUT2D eigenvalue weighted by molar-refractivity contribution is -0.00000397. The van der Waals surface area contributed by atoms with Crippen LogP contribution in [0.3, 0.4) is 0 Å². The number of hydrogen-bond acceptors (Lipinski definition) is 2. The van der Waals surface area contributed by atoms with Crippen LogP contribution >= 0.6 is 0 Å². The second-order valence-corrected chi connectivity index (χ2v) is 4.75. The number of unbranched alkanes of at least 4 members (excludes halogenated alkanes) is 1. The summed E-state index contributed by atoms with van der Waals surface area (Å²) in [6.45, 7) is 4.09. The maximum atomic E-state index is 11.8. The fourth-order valence-electron chi connectivity index (χ4n) is 2.20. The van der Waals surface area contributed by atoms with E-state index in [1.54, 1.807) is 9.13 Å². The minimum Gasteiger partial charge on any atom is -1.00 e. The normalized spacial score (nSPS) is 10.7. The molecule has 0 aliphatic carbocycles. The van der Waals surface area contributed by atoms with Crippen molar-refractivity contribution in [3.63, 3.8) is 0 Å². The fourth-order valence-corrected chi connectivity index (χ4v) is 2.20. The fraction of sp³-hybridized carbons (Fsp3) is 0.500. The molecule has 19 heavy (non-hydrogen) atoms. The molecule has 2 rings (SSSR count). The summed E-state index contributed by atoms with van der Waals surface area (Å²) in [6, 6.07) is 6.20. The van der Waals surface area contributed by atoms with Crippen molar-refractivity contribution in [2.45, 2.75) is 26.3 Å². The van der Waals surface area contributed by atoms with Crippen LogP contribution in [-0.2, 0) is 20.6 Å². The Morgan fingerprint density at radius 2 is 1.84 bits per heavy atom. The molecule has 1 aromatic heterocycles. The van der Waals surface area contributed by atoms with Gasteiger partial charge in [0.1, 0.15) is 0 Å². The van der Waals surface area contributed by atoms with Crippen LogP contribution in [0.4, 0.5) is 0 Å². The molecular formula is C14H21ClN3O-. The highest BCUT2D eigenvalue weighted by Gasteiger charge is 2.07. The first-order valence-electron chi connectivity index (χ1n) is 6.50. The maximum absolute atomic E-state index is 11.8. The molecule has 0 radical (unpaired) electrons. The highest BCUT2D eigenvalue weighted by Crippen LogP contribution is 2.13. The van der Waals surface area contributed by atoms with Crippen LogP contribution in [-0.4, -0.2) is 15.7 Å². The Hall–Kier alpha value is -1.26. The van der Waals surface area contributed by atoms with E-state index in [4.69, 9.17) is 0 Å². The maximum Gasteiger partial charge on any atom is 0.328 e. The Kier molecular flexibility index (Phi) is 5.63. The van der Waals surface area contributed by atoms with Crippen molar-refractivity contribution in [2.75, 3.05) is 6.54 Å². The van der Waals surface area contributed by atoms with Crippen LogP contribution in [0.2, 0.25) is 0 Å². The van der Waals surface area contributed by atoms with Gasteiger partial charge in [-0.25, -0.2) is 4.79 Å². The highest BCUT2D eigenvalue weighted by molar-refractivity contribution is 5.76. The van der Waals surface area contributed by atoms with Gasteiger partial charge in [0.25, 0.3) is 0 Å². The molecule has 0 aliphatic rings. The predicted molar refractivity (Wildman–Crippen MR) is 74.8 cm³/mol. The smallest absolute Gasteiger partial charge is 0.328 e. The van der Waals surface area contributed by atoms with Gasteiger partial charge in [-0.2, -0.15) is 0 Å². The van der Waals surface area contributed by atoms with E-state index in [9.17, 15) is 4.79 Å². The van der Waals surface area contributed by atoms with Crippen molar-refractivity contribution in [2.24, 2.45) is 14.1 Å². The minimum absolute atomic E-state index is 0. The molecule has 1 aromatic carbocycles. The number of aryl methyl sites for hydroxylation is 2. The van der Waals surface area contributed by atoms with E-state index < -0.39 is 0 Å². The van der Waals surface area contributed by atoms with Gasteiger partial charge in [0.2, 0.25) is 0 Å². The molecule has 0 fully saturated rings. The molecule has 4 nitrogen and oxygen atoms in total. The van der Waals surface area contributed by atoms with E-state index in [2.05, 4.69) is 24.4 Å². The molecule has 5 heteroatoms. The van der Waals surface area contributed by atoms with Gasteiger partial charge in [0.05, 0.1) is 11.0 Å². The Morgan fingerprint density at radius 3 is 2.53 bits per heavy atom. The number of benzene rings is 1. The zero-order chi connectivity index (χ0) is 13.1. The molecule has 106 valence electrons. The molecular weight excluding hydrogens is 262 g/mol. The number of aromatic nitrogens is 2. The Bertz CT molecular complexity index is 600. The number of fused-ring (bicyclic) bond motifs is 1. The summed E-state index contributed by atoms with van der Waals surface area (Å²) >= 11 is 0. The van der Waals surface area contributed by atoms with Crippen LogP contribution in [0.1, 0.15) is 25.3 Å². The van der Waals surface area contributed by atoms with Crippen LogP contribution in [0.25, 0.3) is 11.0 Å². The number of halogens is 1. The average Bonchev–Trinajstić information content (AvgIpc) is 2.60. The summed E-state index contributed by atoms with van der Waals surface area (Å²) in [5.74, 6) is 0. The van der Waals surface area contributed by atoms with Gasteiger partial charge < -0.3 is 17.7 Å². The first-order valence-corrected chi connectivity index (χ1v) is 6.50. The van der Waals surface area contributed by atoms with Crippen molar-refractivity contribution < 1.29 is 12.4 Å². The molecule has 0 unspecified atom stereocenters. The summed E-state index contributed by atoms with van der Waals surface area (Å²) < 4.78 is 3.38.